The van der Waals surface area contributed by atoms with E-state index in [0.717, 1.165) is 0 Å². The Morgan fingerprint density at radius 2 is 2.32 bits per heavy atom. The van der Waals surface area contributed by atoms with Gasteiger partial charge in [-0.1, -0.05) is 5.16 Å². The number of piperidine rings is 1. The van der Waals surface area contributed by atoms with Crippen molar-refractivity contribution in [3.8, 4) is 0 Å². The second-order valence-corrected chi connectivity index (χ2v) is 6.42. The quantitative estimate of drug-likeness (QED) is 0.379. The first-order valence-corrected chi connectivity index (χ1v) is 7.94. The number of carbonyl (C=O) groups excluding carboxylic acids is 1. The number of oxime groups is 1. The monoisotopic (exact) mass is 300 g/mol. The zero-order chi connectivity index (χ0) is 13.9. The van der Waals surface area contributed by atoms with Gasteiger partial charge in [0.15, 0.2) is 5.84 Å². The Labute approximate surface area is 119 Å². The fourth-order valence-electron chi connectivity index (χ4n) is 2.20. The number of carbonyl (C=O) groups is 1. The summed E-state index contributed by atoms with van der Waals surface area (Å²) in [6.45, 7) is 1.21. The lowest BCUT2D eigenvalue weighted by Gasteiger charge is -2.39. The molecule has 0 unspecified atom stereocenters. The molecular weight excluding hydrogens is 284 g/mol. The van der Waals surface area contributed by atoms with Crippen LogP contribution in [0.4, 0.5) is 0 Å². The van der Waals surface area contributed by atoms with Crippen LogP contribution in [-0.4, -0.2) is 50.9 Å². The molecule has 0 atom stereocenters. The predicted molar refractivity (Wildman–Crippen MR) is 76.9 cm³/mol. The molecular formula is C11H16N4O2S2. The number of amidine groups is 1. The number of rotatable bonds is 3. The largest absolute Gasteiger partial charge is 0.409 e. The maximum absolute atomic E-state index is 12.2. The van der Waals surface area contributed by atoms with E-state index in [1.807, 2.05) is 6.26 Å². The number of amides is 1. The van der Waals surface area contributed by atoms with Crippen molar-refractivity contribution in [3.05, 3.63) is 16.6 Å². The van der Waals surface area contributed by atoms with Gasteiger partial charge in [0.1, 0.15) is 4.88 Å². The Balaban J connectivity index is 2.04. The van der Waals surface area contributed by atoms with Gasteiger partial charge >= 0.3 is 0 Å². The molecule has 1 aliphatic heterocycles. The molecule has 0 bridgehead atoms. The Kier molecular flexibility index (Phi) is 4.31. The van der Waals surface area contributed by atoms with Crippen molar-refractivity contribution in [2.45, 2.75) is 17.6 Å². The Hall–Kier alpha value is -1.28. The second kappa shape index (κ2) is 5.79. The first kappa shape index (κ1) is 14.1. The van der Waals surface area contributed by atoms with E-state index in [0.29, 0.717) is 30.8 Å². The lowest BCUT2D eigenvalue weighted by atomic mass is 9.94. The molecule has 3 N–H and O–H groups in total. The van der Waals surface area contributed by atoms with Crippen molar-refractivity contribution in [2.75, 3.05) is 19.3 Å². The molecule has 1 amide bonds. The van der Waals surface area contributed by atoms with E-state index in [2.05, 4.69) is 10.1 Å². The summed E-state index contributed by atoms with van der Waals surface area (Å²) in [6.07, 6.45) is 4.91. The summed E-state index contributed by atoms with van der Waals surface area (Å²) in [5, 5.41) is 12.0. The topological polar surface area (TPSA) is 91.8 Å². The minimum atomic E-state index is -0.362. The Bertz CT molecular complexity index is 467. The van der Waals surface area contributed by atoms with Gasteiger partial charge in [0, 0.05) is 13.1 Å². The summed E-state index contributed by atoms with van der Waals surface area (Å²) < 4.78 is -0.362. The molecule has 0 spiro atoms. The molecule has 2 rings (SSSR count). The van der Waals surface area contributed by atoms with Crippen molar-refractivity contribution in [3.63, 3.8) is 0 Å². The second-order valence-electron chi connectivity index (χ2n) is 4.34. The molecule has 6 nitrogen and oxygen atoms in total. The number of likely N-dealkylation sites (tertiary alicyclic amines) is 1. The van der Waals surface area contributed by atoms with Gasteiger partial charge in [0.25, 0.3) is 5.91 Å². The van der Waals surface area contributed by atoms with Gasteiger partial charge in [-0.2, -0.15) is 11.8 Å². The summed E-state index contributed by atoms with van der Waals surface area (Å²) >= 11 is 2.92. The third-order valence-corrected chi connectivity index (χ3v) is 5.63. The van der Waals surface area contributed by atoms with E-state index in [1.54, 1.807) is 28.4 Å². The van der Waals surface area contributed by atoms with Crippen molar-refractivity contribution in [1.29, 1.82) is 0 Å². The molecule has 0 radical (unpaired) electrons. The van der Waals surface area contributed by atoms with Crippen molar-refractivity contribution in [1.82, 2.24) is 9.88 Å². The molecule has 1 aliphatic rings. The summed E-state index contributed by atoms with van der Waals surface area (Å²) in [5.74, 6) is 0.251. The summed E-state index contributed by atoms with van der Waals surface area (Å²) in [4.78, 5) is 18.5. The third kappa shape index (κ3) is 2.69. The Morgan fingerprint density at radius 3 is 2.79 bits per heavy atom. The van der Waals surface area contributed by atoms with E-state index in [4.69, 9.17) is 10.9 Å². The van der Waals surface area contributed by atoms with Crippen LogP contribution in [0.1, 0.15) is 22.5 Å². The molecule has 0 aromatic carbocycles. The number of nitrogens with zero attached hydrogens (tertiary/aromatic N) is 3. The number of aromatic nitrogens is 1. The average molecular weight is 300 g/mol. The van der Waals surface area contributed by atoms with Crippen LogP contribution in [0, 0.1) is 0 Å². The van der Waals surface area contributed by atoms with Crippen LogP contribution >= 0.6 is 23.1 Å². The number of hydrogen-bond donors (Lipinski definition) is 2. The van der Waals surface area contributed by atoms with Gasteiger partial charge in [0.2, 0.25) is 0 Å². The molecule has 2 heterocycles. The molecule has 19 heavy (non-hydrogen) atoms. The first-order valence-electron chi connectivity index (χ1n) is 5.84. The SMILES string of the molecule is CSC1(C(N)=NO)CCN(C(=O)c2cncs2)CC1. The first-order chi connectivity index (χ1) is 9.13. The number of thiazole rings is 1. The standard InChI is InChI=1S/C11H16N4O2S2/c1-18-11(10(12)14-17)2-4-15(5-3-11)9(16)8-6-13-7-19-8/h6-7,17H,2-5H2,1H3,(H2,12,14). The average Bonchev–Trinajstić information content (AvgIpc) is 3.00. The number of thioether (sulfide) groups is 1. The minimum Gasteiger partial charge on any atom is -0.409 e. The zero-order valence-electron chi connectivity index (χ0n) is 10.6. The van der Waals surface area contributed by atoms with Crippen LogP contribution in [0.15, 0.2) is 16.9 Å². The van der Waals surface area contributed by atoms with Crippen molar-refractivity contribution < 1.29 is 10.0 Å². The van der Waals surface area contributed by atoms with Gasteiger partial charge in [0.05, 0.1) is 16.5 Å². The molecule has 0 saturated carbocycles. The van der Waals surface area contributed by atoms with Crippen LogP contribution in [0.2, 0.25) is 0 Å². The van der Waals surface area contributed by atoms with Gasteiger partial charge in [-0.25, -0.2) is 0 Å². The highest BCUT2D eigenvalue weighted by Gasteiger charge is 2.39. The van der Waals surface area contributed by atoms with Crippen molar-refractivity contribution in [2.24, 2.45) is 10.9 Å². The van der Waals surface area contributed by atoms with E-state index >= 15 is 0 Å². The fraction of sp³-hybridized carbons (Fsp3) is 0.545. The van der Waals surface area contributed by atoms with Crippen LogP contribution < -0.4 is 5.73 Å². The van der Waals surface area contributed by atoms with Crippen LogP contribution in [0.25, 0.3) is 0 Å². The highest BCUT2D eigenvalue weighted by atomic mass is 32.2. The van der Waals surface area contributed by atoms with Gasteiger partial charge in [-0.3, -0.25) is 9.78 Å². The molecule has 1 aromatic heterocycles. The predicted octanol–water partition coefficient (Wildman–Crippen LogP) is 1.23. The minimum absolute atomic E-state index is 0.0108. The molecule has 0 aliphatic carbocycles. The van der Waals surface area contributed by atoms with Gasteiger partial charge in [-0.15, -0.1) is 11.3 Å². The van der Waals surface area contributed by atoms with E-state index in [9.17, 15) is 4.79 Å². The third-order valence-electron chi connectivity index (χ3n) is 3.47. The van der Waals surface area contributed by atoms with E-state index < -0.39 is 0 Å². The Morgan fingerprint density at radius 1 is 1.63 bits per heavy atom. The highest BCUT2D eigenvalue weighted by molar-refractivity contribution is 8.00. The fourth-order valence-corrected chi connectivity index (χ4v) is 3.63. The molecule has 1 saturated heterocycles. The lowest BCUT2D eigenvalue weighted by Crippen LogP contribution is -2.51. The summed E-state index contributed by atoms with van der Waals surface area (Å²) in [5.41, 5.74) is 7.43. The molecule has 1 fully saturated rings. The highest BCUT2D eigenvalue weighted by Crippen LogP contribution is 2.35. The van der Waals surface area contributed by atoms with Crippen molar-refractivity contribution >= 4 is 34.8 Å². The van der Waals surface area contributed by atoms with E-state index in [-0.39, 0.29) is 16.5 Å². The zero-order valence-corrected chi connectivity index (χ0v) is 12.2. The molecule has 104 valence electrons. The summed E-state index contributed by atoms with van der Waals surface area (Å²) in [7, 11) is 0. The van der Waals surface area contributed by atoms with Crippen LogP contribution in [0.3, 0.4) is 0 Å². The number of nitrogens with two attached hydrogens (primary N) is 1. The smallest absolute Gasteiger partial charge is 0.265 e. The lowest BCUT2D eigenvalue weighted by molar-refractivity contribution is 0.0722. The van der Waals surface area contributed by atoms with Gasteiger partial charge in [-0.05, 0) is 19.1 Å². The molecule has 1 aromatic rings. The number of hydrogen-bond acceptors (Lipinski definition) is 6. The normalized spacial score (nSPS) is 19.4. The summed E-state index contributed by atoms with van der Waals surface area (Å²) in [6, 6.07) is 0. The molecule has 8 heteroatoms. The maximum atomic E-state index is 12.2. The van der Waals surface area contributed by atoms with Gasteiger partial charge < -0.3 is 15.8 Å². The van der Waals surface area contributed by atoms with Crippen LogP contribution in [-0.2, 0) is 0 Å². The van der Waals surface area contributed by atoms with E-state index in [1.165, 1.54) is 11.3 Å². The maximum Gasteiger partial charge on any atom is 0.265 e. The van der Waals surface area contributed by atoms with Crippen LogP contribution in [0.5, 0.6) is 0 Å².